The van der Waals surface area contributed by atoms with E-state index in [4.69, 9.17) is 4.98 Å². The van der Waals surface area contributed by atoms with Crippen LogP contribution in [0.2, 0.25) is 0 Å². The van der Waals surface area contributed by atoms with Crippen molar-refractivity contribution in [2.24, 2.45) is 5.92 Å². The molecule has 1 aliphatic carbocycles. The molecule has 1 aliphatic heterocycles. The molecule has 1 saturated carbocycles. The van der Waals surface area contributed by atoms with Crippen molar-refractivity contribution >= 4 is 16.0 Å². The smallest absolute Gasteiger partial charge is 0.223 e. The molecule has 2 aliphatic rings. The fourth-order valence-electron chi connectivity index (χ4n) is 4.49. The molecule has 10 heteroatoms. The third-order valence-corrected chi connectivity index (χ3v) is 8.53. The molecular weight excluding hydrogens is 452 g/mol. The Morgan fingerprint density at radius 2 is 1.88 bits per heavy atom. The maximum atomic E-state index is 12.7. The number of piperidine rings is 1. The standard InChI is InChI=1S/C24H38N6O3S/c1-18-14-25-23(28-22(18)20-15-26-29(16-20)17-24(2,3)31)27-21-9-11-30(12-10-21)34(32,33)13-5-4-6-19-7-8-19/h14-16,19,21,31H,4-13,17H2,1-3H3,(H,25,27,28). The maximum Gasteiger partial charge on any atom is 0.223 e. The lowest BCUT2D eigenvalue weighted by Gasteiger charge is -2.31. The molecule has 0 amide bonds. The number of unbranched alkanes of at least 4 members (excludes halogenated alkanes) is 1. The Hall–Kier alpha value is -2.04. The normalized spacial score (nSPS) is 18.4. The van der Waals surface area contributed by atoms with Crippen molar-refractivity contribution in [3.63, 3.8) is 0 Å². The minimum absolute atomic E-state index is 0.134. The molecular formula is C24H38N6O3S. The summed E-state index contributed by atoms with van der Waals surface area (Å²) in [5, 5.41) is 17.8. The number of hydrogen-bond acceptors (Lipinski definition) is 7. The second kappa shape index (κ2) is 10.3. The highest BCUT2D eigenvalue weighted by molar-refractivity contribution is 7.89. The van der Waals surface area contributed by atoms with Gasteiger partial charge in [-0.05, 0) is 51.5 Å². The Labute approximate surface area is 203 Å². The van der Waals surface area contributed by atoms with Crippen LogP contribution in [0.25, 0.3) is 11.3 Å². The fraction of sp³-hybridized carbons (Fsp3) is 0.708. The topological polar surface area (TPSA) is 113 Å². The third-order valence-electron chi connectivity index (χ3n) is 6.57. The van der Waals surface area contributed by atoms with Crippen molar-refractivity contribution in [1.29, 1.82) is 0 Å². The van der Waals surface area contributed by atoms with Crippen molar-refractivity contribution in [2.45, 2.75) is 83.9 Å². The molecule has 0 spiro atoms. The van der Waals surface area contributed by atoms with Gasteiger partial charge in [0.1, 0.15) is 0 Å². The first kappa shape index (κ1) is 25.1. The molecule has 9 nitrogen and oxygen atoms in total. The van der Waals surface area contributed by atoms with Crippen LogP contribution in [0, 0.1) is 12.8 Å². The molecule has 0 radical (unpaired) electrons. The van der Waals surface area contributed by atoms with E-state index < -0.39 is 15.6 Å². The van der Waals surface area contributed by atoms with Crippen LogP contribution < -0.4 is 5.32 Å². The summed E-state index contributed by atoms with van der Waals surface area (Å²) in [5.74, 6) is 1.67. The molecule has 3 heterocycles. The summed E-state index contributed by atoms with van der Waals surface area (Å²) in [6.45, 7) is 6.91. The molecule has 0 bridgehead atoms. The molecule has 0 aromatic carbocycles. The van der Waals surface area contributed by atoms with Crippen LogP contribution in [-0.2, 0) is 16.6 Å². The first-order valence-electron chi connectivity index (χ1n) is 12.4. The number of nitrogens with zero attached hydrogens (tertiary/aromatic N) is 5. The van der Waals surface area contributed by atoms with Crippen LogP contribution in [0.1, 0.15) is 64.4 Å². The van der Waals surface area contributed by atoms with Gasteiger partial charge in [0.05, 0.1) is 29.8 Å². The monoisotopic (exact) mass is 490 g/mol. The molecule has 1 saturated heterocycles. The van der Waals surface area contributed by atoms with Gasteiger partial charge in [0.2, 0.25) is 16.0 Å². The van der Waals surface area contributed by atoms with E-state index in [0.717, 1.165) is 48.4 Å². The molecule has 2 fully saturated rings. The van der Waals surface area contributed by atoms with E-state index in [1.54, 1.807) is 35.2 Å². The van der Waals surface area contributed by atoms with E-state index in [2.05, 4.69) is 15.4 Å². The van der Waals surface area contributed by atoms with E-state index in [1.807, 2.05) is 13.1 Å². The van der Waals surface area contributed by atoms with Crippen LogP contribution >= 0.6 is 0 Å². The number of sulfonamides is 1. The molecule has 2 aromatic heterocycles. The van der Waals surface area contributed by atoms with Crippen molar-refractivity contribution < 1.29 is 13.5 Å². The number of aryl methyl sites for hydroxylation is 1. The van der Waals surface area contributed by atoms with Gasteiger partial charge in [-0.1, -0.05) is 25.7 Å². The molecule has 4 rings (SSSR count). The number of hydrogen-bond donors (Lipinski definition) is 2. The SMILES string of the molecule is Cc1cnc(NC2CCN(S(=O)(=O)CCCCC3CC3)CC2)nc1-c1cnn(CC(C)(C)O)c1. The van der Waals surface area contributed by atoms with Gasteiger partial charge in [0, 0.05) is 37.1 Å². The summed E-state index contributed by atoms with van der Waals surface area (Å²) in [4.78, 5) is 9.15. The van der Waals surface area contributed by atoms with Gasteiger partial charge in [-0.15, -0.1) is 0 Å². The minimum atomic E-state index is -3.17. The van der Waals surface area contributed by atoms with E-state index in [9.17, 15) is 13.5 Å². The predicted molar refractivity (Wildman–Crippen MR) is 133 cm³/mol. The Bertz CT molecular complexity index is 1070. The number of aromatic nitrogens is 4. The van der Waals surface area contributed by atoms with Crippen LogP contribution in [0.5, 0.6) is 0 Å². The third kappa shape index (κ3) is 6.99. The van der Waals surface area contributed by atoms with E-state index in [1.165, 1.54) is 19.3 Å². The van der Waals surface area contributed by atoms with Crippen LogP contribution in [0.15, 0.2) is 18.6 Å². The van der Waals surface area contributed by atoms with Crippen LogP contribution in [0.4, 0.5) is 5.95 Å². The molecule has 0 atom stereocenters. The second-order valence-electron chi connectivity index (χ2n) is 10.5. The number of anilines is 1. The average Bonchev–Trinajstić information content (AvgIpc) is 3.49. The summed E-state index contributed by atoms with van der Waals surface area (Å²) < 4.78 is 28.8. The maximum absolute atomic E-state index is 12.7. The number of aliphatic hydroxyl groups is 1. The first-order valence-corrected chi connectivity index (χ1v) is 14.0. The van der Waals surface area contributed by atoms with Crippen LogP contribution in [0.3, 0.4) is 0 Å². The van der Waals surface area contributed by atoms with Gasteiger partial charge < -0.3 is 10.4 Å². The van der Waals surface area contributed by atoms with Gasteiger partial charge in [-0.3, -0.25) is 4.68 Å². The molecule has 2 aromatic rings. The minimum Gasteiger partial charge on any atom is -0.389 e. The highest BCUT2D eigenvalue weighted by Gasteiger charge is 2.28. The summed E-state index contributed by atoms with van der Waals surface area (Å²) in [6.07, 6.45) is 12.5. The average molecular weight is 491 g/mol. The Balaban J connectivity index is 1.31. The lowest BCUT2D eigenvalue weighted by atomic mass is 10.1. The largest absolute Gasteiger partial charge is 0.389 e. The zero-order chi connectivity index (χ0) is 24.3. The summed E-state index contributed by atoms with van der Waals surface area (Å²) in [7, 11) is -3.17. The zero-order valence-electron chi connectivity index (χ0n) is 20.6. The van der Waals surface area contributed by atoms with Crippen molar-refractivity contribution in [3.05, 3.63) is 24.2 Å². The Morgan fingerprint density at radius 1 is 1.15 bits per heavy atom. The zero-order valence-corrected chi connectivity index (χ0v) is 21.4. The van der Waals surface area contributed by atoms with Crippen molar-refractivity contribution in [2.75, 3.05) is 24.2 Å². The fourth-order valence-corrected chi connectivity index (χ4v) is 6.08. The van der Waals surface area contributed by atoms with Gasteiger partial charge in [0.25, 0.3) is 0 Å². The van der Waals surface area contributed by atoms with Crippen LogP contribution in [-0.4, -0.2) is 68.1 Å². The predicted octanol–water partition coefficient (Wildman–Crippen LogP) is 3.21. The summed E-state index contributed by atoms with van der Waals surface area (Å²) >= 11 is 0. The molecule has 188 valence electrons. The van der Waals surface area contributed by atoms with E-state index in [-0.39, 0.29) is 11.8 Å². The Kier molecular flexibility index (Phi) is 7.59. The van der Waals surface area contributed by atoms with Gasteiger partial charge in [-0.2, -0.15) is 5.10 Å². The lowest BCUT2D eigenvalue weighted by Crippen LogP contribution is -2.43. The first-order chi connectivity index (χ1) is 16.1. The quantitative estimate of drug-likeness (QED) is 0.465. The van der Waals surface area contributed by atoms with Crippen molar-refractivity contribution in [1.82, 2.24) is 24.1 Å². The molecule has 34 heavy (non-hydrogen) atoms. The highest BCUT2D eigenvalue weighted by Crippen LogP contribution is 2.34. The number of nitrogens with one attached hydrogen (secondary N) is 1. The van der Waals surface area contributed by atoms with Gasteiger partial charge in [0.15, 0.2) is 0 Å². The van der Waals surface area contributed by atoms with Gasteiger partial charge in [-0.25, -0.2) is 22.7 Å². The molecule has 0 unspecified atom stereocenters. The number of rotatable bonds is 11. The summed E-state index contributed by atoms with van der Waals surface area (Å²) in [5.41, 5.74) is 1.76. The van der Waals surface area contributed by atoms with Gasteiger partial charge >= 0.3 is 0 Å². The van der Waals surface area contributed by atoms with E-state index in [0.29, 0.717) is 25.6 Å². The van der Waals surface area contributed by atoms with Crippen molar-refractivity contribution in [3.8, 4) is 11.3 Å². The Morgan fingerprint density at radius 3 is 2.56 bits per heavy atom. The summed E-state index contributed by atoms with van der Waals surface area (Å²) in [6, 6.07) is 0.134. The second-order valence-corrected chi connectivity index (χ2v) is 12.6. The lowest BCUT2D eigenvalue weighted by molar-refractivity contribution is 0.0577. The highest BCUT2D eigenvalue weighted by atomic mass is 32.2. The molecule has 2 N–H and O–H groups in total. The van der Waals surface area contributed by atoms with E-state index >= 15 is 0 Å².